The monoisotopic (exact) mass is 401 g/mol. The molecule has 0 radical (unpaired) electrons. The molecule has 2 aromatic rings. The summed E-state index contributed by atoms with van der Waals surface area (Å²) < 4.78 is 13.9. The van der Waals surface area contributed by atoms with Crippen LogP contribution in [0.1, 0.15) is 57.8 Å². The molecule has 29 heavy (non-hydrogen) atoms. The molecule has 3 N–H and O–H groups in total. The van der Waals surface area contributed by atoms with Gasteiger partial charge in [-0.3, -0.25) is 9.59 Å². The maximum Gasteiger partial charge on any atom is 0.246 e. The first-order chi connectivity index (χ1) is 13.5. The van der Waals surface area contributed by atoms with Crippen LogP contribution in [-0.2, 0) is 16.0 Å². The highest BCUT2D eigenvalue weighted by Gasteiger charge is 2.49. The summed E-state index contributed by atoms with van der Waals surface area (Å²) in [6, 6.07) is 2.93. The molecule has 3 atom stereocenters. The zero-order valence-electron chi connectivity index (χ0n) is 17.3. The standard InChI is InChI=1S/C22H28FN3O3/c1-11(2)7-17-19-14(13-8-12(23)5-6-15(13)24-19)9-18-20(27)25-16(10-22(3,4)29)21(28)26(17)18/h5-6,8,11,16-18,24,29H,7,9-10H2,1-4H3,(H,25,27)/t16?,17-,18-/m0/s1. The number of amides is 2. The second-order valence-corrected chi connectivity index (χ2v) is 9.40. The zero-order chi connectivity index (χ0) is 21.1. The van der Waals surface area contributed by atoms with Crippen molar-refractivity contribution in [1.29, 1.82) is 0 Å². The molecule has 0 bridgehead atoms. The Morgan fingerprint density at radius 3 is 2.69 bits per heavy atom. The van der Waals surface area contributed by atoms with E-state index >= 15 is 0 Å². The normalized spacial score (nSPS) is 24.7. The van der Waals surface area contributed by atoms with Crippen molar-refractivity contribution >= 4 is 22.7 Å². The van der Waals surface area contributed by atoms with Gasteiger partial charge in [-0.2, -0.15) is 0 Å². The lowest BCUT2D eigenvalue weighted by Gasteiger charge is -2.47. The van der Waals surface area contributed by atoms with Crippen LogP contribution in [0.5, 0.6) is 0 Å². The van der Waals surface area contributed by atoms with Crippen molar-refractivity contribution in [1.82, 2.24) is 15.2 Å². The second-order valence-electron chi connectivity index (χ2n) is 9.40. The smallest absolute Gasteiger partial charge is 0.246 e. The number of aromatic amines is 1. The van der Waals surface area contributed by atoms with Crippen molar-refractivity contribution < 1.29 is 19.1 Å². The minimum absolute atomic E-state index is 0.153. The molecular formula is C22H28FN3O3. The number of nitrogens with one attached hydrogen (secondary N) is 2. The number of nitrogens with zero attached hydrogens (tertiary/aromatic N) is 1. The van der Waals surface area contributed by atoms with Gasteiger partial charge in [-0.05, 0) is 49.9 Å². The Morgan fingerprint density at radius 2 is 2.03 bits per heavy atom. The minimum atomic E-state index is -1.08. The summed E-state index contributed by atoms with van der Waals surface area (Å²) >= 11 is 0. The number of benzene rings is 1. The third kappa shape index (κ3) is 3.52. The summed E-state index contributed by atoms with van der Waals surface area (Å²) in [6.45, 7) is 7.41. The molecule has 1 fully saturated rings. The molecule has 156 valence electrons. The Bertz CT molecular complexity index is 976. The predicted octanol–water partition coefficient (Wildman–Crippen LogP) is 2.81. The van der Waals surface area contributed by atoms with Gasteiger partial charge in [-0.25, -0.2) is 4.39 Å². The van der Waals surface area contributed by atoms with Crippen LogP contribution in [0.2, 0.25) is 0 Å². The van der Waals surface area contributed by atoms with E-state index in [0.717, 1.165) is 22.2 Å². The van der Waals surface area contributed by atoms with Gasteiger partial charge < -0.3 is 20.3 Å². The summed E-state index contributed by atoms with van der Waals surface area (Å²) in [7, 11) is 0. The zero-order valence-corrected chi connectivity index (χ0v) is 17.3. The van der Waals surface area contributed by atoms with E-state index in [1.807, 2.05) is 0 Å². The quantitative estimate of drug-likeness (QED) is 0.736. The van der Waals surface area contributed by atoms with E-state index in [2.05, 4.69) is 24.1 Å². The molecule has 4 rings (SSSR count). The number of aliphatic hydroxyl groups is 1. The summed E-state index contributed by atoms with van der Waals surface area (Å²) in [4.78, 5) is 31.4. The minimum Gasteiger partial charge on any atom is -0.390 e. The third-order valence-corrected chi connectivity index (χ3v) is 5.87. The van der Waals surface area contributed by atoms with Crippen LogP contribution in [0.25, 0.3) is 10.9 Å². The van der Waals surface area contributed by atoms with E-state index in [-0.39, 0.29) is 30.1 Å². The van der Waals surface area contributed by atoms with E-state index in [1.54, 1.807) is 24.8 Å². The molecule has 1 aromatic heterocycles. The van der Waals surface area contributed by atoms with E-state index in [4.69, 9.17) is 0 Å². The Balaban J connectivity index is 1.82. The van der Waals surface area contributed by atoms with E-state index in [0.29, 0.717) is 18.8 Å². The molecule has 0 aliphatic carbocycles. The lowest BCUT2D eigenvalue weighted by Crippen LogP contribution is -2.66. The van der Waals surface area contributed by atoms with Crippen molar-refractivity contribution in [3.63, 3.8) is 0 Å². The summed E-state index contributed by atoms with van der Waals surface area (Å²) in [6.07, 6.45) is 1.19. The van der Waals surface area contributed by atoms with E-state index in [9.17, 15) is 19.1 Å². The Kier molecular flexibility index (Phi) is 4.69. The molecule has 2 aliphatic rings. The van der Waals surface area contributed by atoms with Gasteiger partial charge in [0.05, 0.1) is 11.6 Å². The molecule has 3 heterocycles. The van der Waals surface area contributed by atoms with Gasteiger partial charge in [0.1, 0.15) is 17.9 Å². The molecule has 0 saturated carbocycles. The highest BCUT2D eigenvalue weighted by atomic mass is 19.1. The van der Waals surface area contributed by atoms with Crippen molar-refractivity contribution in [3.8, 4) is 0 Å². The number of hydrogen-bond donors (Lipinski definition) is 3. The number of fused-ring (bicyclic) bond motifs is 4. The first kappa shape index (κ1) is 19.9. The Hall–Kier alpha value is -2.41. The number of piperazine rings is 1. The number of carbonyl (C=O) groups is 2. The summed E-state index contributed by atoms with van der Waals surface area (Å²) in [5.41, 5.74) is 1.54. The van der Waals surface area contributed by atoms with Crippen LogP contribution in [-0.4, -0.2) is 44.5 Å². The van der Waals surface area contributed by atoms with Gasteiger partial charge in [0.2, 0.25) is 11.8 Å². The molecule has 1 saturated heterocycles. The summed E-state index contributed by atoms with van der Waals surface area (Å²) in [5, 5.41) is 13.8. The Labute approximate surface area is 169 Å². The highest BCUT2D eigenvalue weighted by Crippen LogP contribution is 2.42. The fourth-order valence-corrected chi connectivity index (χ4v) is 4.74. The SMILES string of the molecule is CC(C)C[C@H]1c2[nH]c3ccc(F)cc3c2C[C@H]2C(=O)NC(CC(C)(C)O)C(=O)N21. The topological polar surface area (TPSA) is 85.4 Å². The van der Waals surface area contributed by atoms with Crippen LogP contribution in [0.15, 0.2) is 18.2 Å². The molecule has 2 aliphatic heterocycles. The average Bonchev–Trinajstić information content (AvgIpc) is 2.95. The molecule has 6 nitrogen and oxygen atoms in total. The predicted molar refractivity (Wildman–Crippen MR) is 108 cm³/mol. The molecule has 0 spiro atoms. The average molecular weight is 401 g/mol. The van der Waals surface area contributed by atoms with Gasteiger partial charge in [0.15, 0.2) is 0 Å². The van der Waals surface area contributed by atoms with E-state index < -0.39 is 17.7 Å². The lowest BCUT2D eigenvalue weighted by atomic mass is 9.84. The van der Waals surface area contributed by atoms with Gasteiger partial charge in [-0.15, -0.1) is 0 Å². The second kappa shape index (κ2) is 6.83. The molecule has 7 heteroatoms. The van der Waals surface area contributed by atoms with Crippen molar-refractivity contribution in [2.45, 2.75) is 70.7 Å². The van der Waals surface area contributed by atoms with Crippen LogP contribution in [0.3, 0.4) is 0 Å². The van der Waals surface area contributed by atoms with Gasteiger partial charge in [-0.1, -0.05) is 13.8 Å². The summed E-state index contributed by atoms with van der Waals surface area (Å²) in [5.74, 6) is -0.418. The van der Waals surface area contributed by atoms with Gasteiger partial charge >= 0.3 is 0 Å². The largest absolute Gasteiger partial charge is 0.390 e. The van der Waals surface area contributed by atoms with Crippen LogP contribution < -0.4 is 5.32 Å². The number of aromatic nitrogens is 1. The van der Waals surface area contributed by atoms with Gasteiger partial charge in [0, 0.05) is 29.4 Å². The number of H-pyrrole nitrogens is 1. The fraction of sp³-hybridized carbons (Fsp3) is 0.545. The van der Waals surface area contributed by atoms with Crippen molar-refractivity contribution in [3.05, 3.63) is 35.3 Å². The maximum absolute atomic E-state index is 13.9. The first-order valence-electron chi connectivity index (χ1n) is 10.2. The van der Waals surface area contributed by atoms with E-state index in [1.165, 1.54) is 12.1 Å². The number of halogens is 1. The van der Waals surface area contributed by atoms with Crippen molar-refractivity contribution in [2.75, 3.05) is 0 Å². The molecule has 1 aromatic carbocycles. The first-order valence-corrected chi connectivity index (χ1v) is 10.2. The fourth-order valence-electron chi connectivity index (χ4n) is 4.74. The maximum atomic E-state index is 13.9. The number of rotatable bonds is 4. The van der Waals surface area contributed by atoms with Crippen molar-refractivity contribution in [2.24, 2.45) is 5.92 Å². The van der Waals surface area contributed by atoms with Gasteiger partial charge in [0.25, 0.3) is 0 Å². The van der Waals surface area contributed by atoms with Crippen LogP contribution >= 0.6 is 0 Å². The molecule has 1 unspecified atom stereocenters. The highest BCUT2D eigenvalue weighted by molar-refractivity contribution is 5.99. The number of hydrogen-bond acceptors (Lipinski definition) is 3. The van der Waals surface area contributed by atoms with Crippen LogP contribution in [0, 0.1) is 11.7 Å². The van der Waals surface area contributed by atoms with Crippen LogP contribution in [0.4, 0.5) is 4.39 Å². The Morgan fingerprint density at radius 1 is 1.31 bits per heavy atom. The third-order valence-electron chi connectivity index (χ3n) is 5.87. The number of carbonyl (C=O) groups excluding carboxylic acids is 2. The lowest BCUT2D eigenvalue weighted by molar-refractivity contribution is -0.155. The molecule has 2 amide bonds. The molecular weight excluding hydrogens is 373 g/mol.